The average Bonchev–Trinajstić information content (AvgIpc) is 3.05. The quantitative estimate of drug-likeness (QED) is 0.411. The van der Waals surface area contributed by atoms with Crippen LogP contribution < -0.4 is 4.74 Å². The van der Waals surface area contributed by atoms with Gasteiger partial charge < -0.3 is 14.0 Å². The van der Waals surface area contributed by atoms with E-state index in [-0.39, 0.29) is 30.3 Å². The summed E-state index contributed by atoms with van der Waals surface area (Å²) >= 11 is 0. The molecule has 3 aromatic rings. The van der Waals surface area contributed by atoms with Gasteiger partial charge in [0.2, 0.25) is 0 Å². The summed E-state index contributed by atoms with van der Waals surface area (Å²) in [6.45, 7) is 9.06. The number of benzene rings is 1. The van der Waals surface area contributed by atoms with Crippen LogP contribution in [0.1, 0.15) is 64.9 Å². The molecule has 0 spiro atoms. The van der Waals surface area contributed by atoms with Gasteiger partial charge in [-0.3, -0.25) is 14.4 Å². The molecule has 7 heteroatoms. The van der Waals surface area contributed by atoms with E-state index in [0.717, 1.165) is 11.4 Å². The molecule has 33 heavy (non-hydrogen) atoms. The van der Waals surface area contributed by atoms with Crippen LogP contribution in [0.5, 0.6) is 5.75 Å². The van der Waals surface area contributed by atoms with Crippen LogP contribution in [0.4, 0.5) is 0 Å². The van der Waals surface area contributed by atoms with E-state index in [1.807, 2.05) is 32.0 Å². The van der Waals surface area contributed by atoms with Crippen molar-refractivity contribution >= 4 is 23.3 Å². The third kappa shape index (κ3) is 4.97. The summed E-state index contributed by atoms with van der Waals surface area (Å²) in [6, 6.07) is 9.00. The fourth-order valence-electron chi connectivity index (χ4n) is 3.44. The molecule has 0 saturated carbocycles. The third-order valence-electron chi connectivity index (χ3n) is 5.59. The van der Waals surface area contributed by atoms with Crippen molar-refractivity contribution in [2.24, 2.45) is 5.41 Å². The van der Waals surface area contributed by atoms with Gasteiger partial charge in [0.25, 0.3) is 5.91 Å². The number of ketones is 1. The van der Waals surface area contributed by atoms with Crippen LogP contribution in [0, 0.1) is 19.3 Å². The molecule has 0 fully saturated rings. The summed E-state index contributed by atoms with van der Waals surface area (Å²) in [7, 11) is 3.33. The number of esters is 1. The molecule has 0 aliphatic heterocycles. The fourth-order valence-corrected chi connectivity index (χ4v) is 3.44. The summed E-state index contributed by atoms with van der Waals surface area (Å²) in [6.07, 6.45) is 2.12. The third-order valence-corrected chi connectivity index (χ3v) is 5.59. The van der Waals surface area contributed by atoms with Crippen LogP contribution in [-0.2, 0) is 11.2 Å². The summed E-state index contributed by atoms with van der Waals surface area (Å²) < 4.78 is 7.67. The predicted octanol–water partition coefficient (Wildman–Crippen LogP) is 4.42. The highest BCUT2D eigenvalue weighted by Crippen LogP contribution is 2.33. The van der Waals surface area contributed by atoms with Crippen LogP contribution in [0.3, 0.4) is 0 Å². The van der Waals surface area contributed by atoms with Crippen molar-refractivity contribution in [3.63, 3.8) is 0 Å². The molecule has 0 unspecified atom stereocenters. The molecule has 0 radical (unpaired) electrons. The first-order valence-corrected chi connectivity index (χ1v) is 10.9. The number of ether oxygens (including phenoxy) is 1. The second kappa shape index (κ2) is 9.17. The van der Waals surface area contributed by atoms with Crippen molar-refractivity contribution in [1.29, 1.82) is 0 Å². The van der Waals surface area contributed by atoms with Crippen LogP contribution >= 0.6 is 0 Å². The molecule has 174 valence electrons. The smallest absolute Gasteiger partial charge is 0.316 e. The Bertz CT molecular complexity index is 1220. The Morgan fingerprint density at radius 1 is 1.06 bits per heavy atom. The number of Topliss-reactive ketones (excluding diaryl/α,β-unsaturated/α-hetero) is 1. The number of imidazole rings is 1. The molecule has 1 aromatic carbocycles. The highest BCUT2D eigenvalue weighted by molar-refractivity contribution is 5.99. The molecule has 2 aromatic heterocycles. The van der Waals surface area contributed by atoms with Gasteiger partial charge in [-0.05, 0) is 41.0 Å². The van der Waals surface area contributed by atoms with E-state index in [9.17, 15) is 14.4 Å². The Morgan fingerprint density at radius 2 is 1.70 bits per heavy atom. The highest BCUT2D eigenvalue weighted by atomic mass is 16.5. The first kappa shape index (κ1) is 24.2. The monoisotopic (exact) mass is 449 g/mol. The normalized spacial score (nSPS) is 11.5. The number of carbonyl (C=O) groups is 3. The van der Waals surface area contributed by atoms with Gasteiger partial charge >= 0.3 is 5.97 Å². The van der Waals surface area contributed by atoms with Crippen molar-refractivity contribution in [3.8, 4) is 5.75 Å². The maximum atomic E-state index is 13.1. The minimum absolute atomic E-state index is 0.0532. The van der Waals surface area contributed by atoms with E-state index in [4.69, 9.17) is 4.74 Å². The second-order valence-electron chi connectivity index (χ2n) is 9.45. The Balaban J connectivity index is 2.19. The van der Waals surface area contributed by atoms with E-state index in [1.54, 1.807) is 57.6 Å². The lowest BCUT2D eigenvalue weighted by atomic mass is 9.96. The van der Waals surface area contributed by atoms with E-state index in [2.05, 4.69) is 4.98 Å². The first-order chi connectivity index (χ1) is 15.4. The SMILES string of the molecule is Cc1nc2c(OC(=O)C(C)(C)C)c(CCC(=O)c3ccccc3)c(C(=O)N(C)C)cn2c1C. The zero-order chi connectivity index (χ0) is 24.5. The number of amides is 1. The lowest BCUT2D eigenvalue weighted by Gasteiger charge is -2.21. The molecule has 0 bridgehead atoms. The molecular formula is C26H31N3O4. The van der Waals surface area contributed by atoms with E-state index < -0.39 is 11.4 Å². The second-order valence-corrected chi connectivity index (χ2v) is 9.45. The van der Waals surface area contributed by atoms with Crippen molar-refractivity contribution in [1.82, 2.24) is 14.3 Å². The standard InChI is InChI=1S/C26H31N3O4/c1-16-17(2)29-15-20(24(31)28(6)7)19(13-14-21(30)18-11-9-8-10-12-18)22(23(29)27-16)33-25(32)26(3,4)5/h8-12,15H,13-14H2,1-7H3. The molecule has 2 heterocycles. The maximum Gasteiger partial charge on any atom is 0.316 e. The number of pyridine rings is 1. The van der Waals surface area contributed by atoms with E-state index in [1.165, 1.54) is 4.90 Å². The molecular weight excluding hydrogens is 418 g/mol. The molecule has 0 atom stereocenters. The van der Waals surface area contributed by atoms with Gasteiger partial charge in [0.15, 0.2) is 17.2 Å². The molecule has 0 aliphatic carbocycles. The number of hydrogen-bond donors (Lipinski definition) is 0. The summed E-state index contributed by atoms with van der Waals surface area (Å²) in [5, 5.41) is 0. The van der Waals surface area contributed by atoms with Crippen molar-refractivity contribution in [2.45, 2.75) is 47.5 Å². The van der Waals surface area contributed by atoms with E-state index in [0.29, 0.717) is 22.3 Å². The molecule has 0 aliphatic rings. The Morgan fingerprint density at radius 3 is 2.27 bits per heavy atom. The van der Waals surface area contributed by atoms with Gasteiger partial charge in [0, 0.05) is 43.5 Å². The Hall–Kier alpha value is -3.48. The largest absolute Gasteiger partial charge is 0.422 e. The number of aryl methyl sites for hydroxylation is 2. The van der Waals surface area contributed by atoms with Gasteiger partial charge in [0.1, 0.15) is 0 Å². The minimum Gasteiger partial charge on any atom is -0.422 e. The molecule has 0 N–H and O–H groups in total. The highest BCUT2D eigenvalue weighted by Gasteiger charge is 2.30. The van der Waals surface area contributed by atoms with Gasteiger partial charge in [-0.25, -0.2) is 4.98 Å². The average molecular weight is 450 g/mol. The lowest BCUT2D eigenvalue weighted by Crippen LogP contribution is -2.28. The zero-order valence-electron chi connectivity index (χ0n) is 20.4. The van der Waals surface area contributed by atoms with Crippen molar-refractivity contribution in [2.75, 3.05) is 14.1 Å². The number of hydrogen-bond acceptors (Lipinski definition) is 5. The van der Waals surface area contributed by atoms with Gasteiger partial charge in [-0.2, -0.15) is 0 Å². The van der Waals surface area contributed by atoms with Crippen molar-refractivity contribution < 1.29 is 19.1 Å². The van der Waals surface area contributed by atoms with Crippen LogP contribution in [0.25, 0.3) is 5.65 Å². The summed E-state index contributed by atoms with van der Waals surface area (Å²) in [5.74, 6) is -0.493. The Labute approximate surface area is 194 Å². The maximum absolute atomic E-state index is 13.1. The minimum atomic E-state index is -0.758. The van der Waals surface area contributed by atoms with Gasteiger partial charge in [-0.15, -0.1) is 0 Å². The van der Waals surface area contributed by atoms with Gasteiger partial charge in [-0.1, -0.05) is 30.3 Å². The number of carbonyl (C=O) groups excluding carboxylic acids is 3. The number of rotatable bonds is 6. The molecule has 1 amide bonds. The van der Waals surface area contributed by atoms with Crippen LogP contribution in [0.2, 0.25) is 0 Å². The van der Waals surface area contributed by atoms with Crippen LogP contribution in [0.15, 0.2) is 36.5 Å². The number of aromatic nitrogens is 2. The zero-order valence-corrected chi connectivity index (χ0v) is 20.4. The summed E-state index contributed by atoms with van der Waals surface area (Å²) in [5.41, 5.74) is 2.80. The van der Waals surface area contributed by atoms with Crippen LogP contribution in [-0.4, -0.2) is 46.0 Å². The first-order valence-electron chi connectivity index (χ1n) is 10.9. The summed E-state index contributed by atoms with van der Waals surface area (Å²) in [4.78, 5) is 44.9. The Kier molecular flexibility index (Phi) is 6.72. The van der Waals surface area contributed by atoms with Gasteiger partial charge in [0.05, 0.1) is 16.7 Å². The van der Waals surface area contributed by atoms with E-state index >= 15 is 0 Å². The number of nitrogens with zero attached hydrogens (tertiary/aromatic N) is 3. The molecule has 0 saturated heterocycles. The topological polar surface area (TPSA) is 81.0 Å². The lowest BCUT2D eigenvalue weighted by molar-refractivity contribution is -0.142. The van der Waals surface area contributed by atoms with Crippen molar-refractivity contribution in [3.05, 3.63) is 64.6 Å². The molecule has 3 rings (SSSR count). The molecule has 7 nitrogen and oxygen atoms in total. The predicted molar refractivity (Wildman–Crippen MR) is 127 cm³/mol. The fraction of sp³-hybridized carbons (Fsp3) is 0.385. The number of fused-ring (bicyclic) bond motifs is 1.